The lowest BCUT2D eigenvalue weighted by Crippen LogP contribution is -1.80. The molecule has 0 aliphatic heterocycles. The number of fused-ring (bicyclic) bond motifs is 1. The highest BCUT2D eigenvalue weighted by molar-refractivity contribution is 7.19. The summed E-state index contributed by atoms with van der Waals surface area (Å²) in [5, 5.41) is 1.84. The topological polar surface area (TPSA) is 52.0 Å². The van der Waals surface area contributed by atoms with Gasteiger partial charge in [0.2, 0.25) is 0 Å². The number of aromatic nitrogens is 1. The summed E-state index contributed by atoms with van der Waals surface area (Å²) < 4.78 is 5.90. The zero-order chi connectivity index (χ0) is 14.2. The Morgan fingerprint density at radius 3 is 2.76 bits per heavy atom. The molecule has 21 heavy (non-hydrogen) atoms. The van der Waals surface area contributed by atoms with Crippen LogP contribution in [0.2, 0.25) is 0 Å². The van der Waals surface area contributed by atoms with Crippen LogP contribution in [0.5, 0.6) is 0 Å². The van der Waals surface area contributed by atoms with E-state index in [2.05, 4.69) is 11.1 Å². The first-order valence-corrected chi connectivity index (χ1v) is 7.41. The summed E-state index contributed by atoms with van der Waals surface area (Å²) in [6, 6.07) is 16.0. The molecule has 102 valence electrons. The van der Waals surface area contributed by atoms with Crippen molar-refractivity contribution in [2.45, 2.75) is 0 Å². The van der Waals surface area contributed by atoms with Crippen LogP contribution >= 0.6 is 11.3 Å². The van der Waals surface area contributed by atoms with Crippen molar-refractivity contribution in [3.05, 3.63) is 60.9 Å². The fourth-order valence-electron chi connectivity index (χ4n) is 2.36. The first-order chi connectivity index (χ1) is 10.3. The van der Waals surface area contributed by atoms with Crippen molar-refractivity contribution in [1.29, 1.82) is 0 Å². The van der Waals surface area contributed by atoms with Gasteiger partial charge >= 0.3 is 0 Å². The first kappa shape index (κ1) is 12.2. The minimum absolute atomic E-state index is 0.757. The predicted octanol–water partition coefficient (Wildman–Crippen LogP) is 4.81. The second kappa shape index (κ2) is 4.75. The number of nitrogens with zero attached hydrogens (tertiary/aromatic N) is 1. The number of nitrogen functional groups attached to an aromatic ring is 1. The minimum atomic E-state index is 0.757. The van der Waals surface area contributed by atoms with Gasteiger partial charge in [0.15, 0.2) is 0 Å². The maximum absolute atomic E-state index is 6.17. The first-order valence-electron chi connectivity index (χ1n) is 6.60. The van der Waals surface area contributed by atoms with Crippen LogP contribution in [0.3, 0.4) is 0 Å². The molecule has 4 aromatic rings. The fourth-order valence-corrected chi connectivity index (χ4v) is 3.28. The van der Waals surface area contributed by atoms with Gasteiger partial charge < -0.3 is 10.2 Å². The molecule has 0 saturated carbocycles. The zero-order valence-electron chi connectivity index (χ0n) is 11.1. The van der Waals surface area contributed by atoms with E-state index in [1.807, 2.05) is 48.7 Å². The van der Waals surface area contributed by atoms with Gasteiger partial charge in [0.05, 0.1) is 10.6 Å². The summed E-state index contributed by atoms with van der Waals surface area (Å²) in [6.45, 7) is 0. The van der Waals surface area contributed by atoms with Gasteiger partial charge in [-0.1, -0.05) is 24.3 Å². The SMILES string of the molecule is Nc1sc(-c2cccnc2)cc1-c1cc2ccccc2o1. The molecule has 0 saturated heterocycles. The van der Waals surface area contributed by atoms with E-state index in [1.54, 1.807) is 17.5 Å². The zero-order valence-corrected chi connectivity index (χ0v) is 11.9. The van der Waals surface area contributed by atoms with Gasteiger partial charge in [-0.05, 0) is 24.3 Å². The van der Waals surface area contributed by atoms with Gasteiger partial charge in [-0.25, -0.2) is 0 Å². The van der Waals surface area contributed by atoms with Crippen molar-refractivity contribution in [2.75, 3.05) is 5.73 Å². The average Bonchev–Trinajstić information content (AvgIpc) is 3.11. The highest BCUT2D eigenvalue weighted by atomic mass is 32.1. The maximum Gasteiger partial charge on any atom is 0.138 e. The Morgan fingerprint density at radius 1 is 1.05 bits per heavy atom. The largest absolute Gasteiger partial charge is 0.456 e. The molecular formula is C17H12N2OS. The summed E-state index contributed by atoms with van der Waals surface area (Å²) in [4.78, 5) is 5.24. The Labute approximate surface area is 125 Å². The fraction of sp³-hybridized carbons (Fsp3) is 0. The van der Waals surface area contributed by atoms with Crippen LogP contribution in [-0.2, 0) is 0 Å². The third kappa shape index (κ3) is 2.10. The molecule has 0 fully saturated rings. The van der Waals surface area contributed by atoms with E-state index in [1.165, 1.54) is 0 Å². The number of hydrogen-bond donors (Lipinski definition) is 1. The van der Waals surface area contributed by atoms with E-state index in [9.17, 15) is 0 Å². The molecular weight excluding hydrogens is 280 g/mol. The lowest BCUT2D eigenvalue weighted by molar-refractivity contribution is 0.632. The van der Waals surface area contributed by atoms with E-state index in [0.717, 1.165) is 37.7 Å². The molecule has 3 heterocycles. The Morgan fingerprint density at radius 2 is 1.95 bits per heavy atom. The third-order valence-electron chi connectivity index (χ3n) is 3.40. The Balaban J connectivity index is 1.84. The summed E-state index contributed by atoms with van der Waals surface area (Å²) >= 11 is 1.55. The monoisotopic (exact) mass is 292 g/mol. The summed E-state index contributed by atoms with van der Waals surface area (Å²) in [5.41, 5.74) is 9.05. The summed E-state index contributed by atoms with van der Waals surface area (Å²) in [5.74, 6) is 0.806. The number of rotatable bonds is 2. The molecule has 0 bridgehead atoms. The summed E-state index contributed by atoms with van der Waals surface area (Å²) in [6.07, 6.45) is 3.61. The number of benzene rings is 1. The minimum Gasteiger partial charge on any atom is -0.456 e. The molecule has 4 heteroatoms. The average molecular weight is 292 g/mol. The molecule has 3 nitrogen and oxygen atoms in total. The standard InChI is InChI=1S/C17H12N2OS/c18-17-13(9-16(21-17)12-5-3-7-19-10-12)15-8-11-4-1-2-6-14(11)20-15/h1-10H,18H2. The van der Waals surface area contributed by atoms with Gasteiger partial charge in [-0.15, -0.1) is 11.3 Å². The molecule has 4 rings (SSSR count). The highest BCUT2D eigenvalue weighted by Gasteiger charge is 2.14. The molecule has 0 spiro atoms. The number of anilines is 1. The number of furan rings is 1. The van der Waals surface area contributed by atoms with Crippen LogP contribution in [0.1, 0.15) is 0 Å². The molecule has 0 unspecified atom stereocenters. The quantitative estimate of drug-likeness (QED) is 0.577. The summed E-state index contributed by atoms with van der Waals surface area (Å²) in [7, 11) is 0. The van der Waals surface area contributed by atoms with Gasteiger partial charge in [0.1, 0.15) is 11.3 Å². The highest BCUT2D eigenvalue weighted by Crippen LogP contribution is 2.40. The maximum atomic E-state index is 6.17. The van der Waals surface area contributed by atoms with Crippen LogP contribution in [-0.4, -0.2) is 4.98 Å². The molecule has 0 atom stereocenters. The second-order valence-corrected chi connectivity index (χ2v) is 5.86. The molecule has 2 N–H and O–H groups in total. The number of nitrogens with two attached hydrogens (primary N) is 1. The molecule has 0 amide bonds. The normalized spacial score (nSPS) is 11.0. The second-order valence-electron chi connectivity index (χ2n) is 4.78. The molecule has 1 aromatic carbocycles. The Kier molecular flexibility index (Phi) is 2.75. The van der Waals surface area contributed by atoms with Gasteiger partial charge in [-0.3, -0.25) is 4.98 Å². The molecule has 0 radical (unpaired) electrons. The van der Waals surface area contributed by atoms with Crippen molar-refractivity contribution < 1.29 is 4.42 Å². The Hall–Kier alpha value is -2.59. The van der Waals surface area contributed by atoms with E-state index in [-0.39, 0.29) is 0 Å². The number of pyridine rings is 1. The Bertz CT molecular complexity index is 876. The smallest absolute Gasteiger partial charge is 0.138 e. The van der Waals surface area contributed by atoms with E-state index in [4.69, 9.17) is 10.2 Å². The molecule has 0 aliphatic rings. The van der Waals surface area contributed by atoms with Crippen molar-refractivity contribution in [1.82, 2.24) is 4.98 Å². The van der Waals surface area contributed by atoms with Gasteiger partial charge in [0, 0.05) is 28.2 Å². The van der Waals surface area contributed by atoms with Crippen LogP contribution < -0.4 is 5.73 Å². The van der Waals surface area contributed by atoms with Crippen molar-refractivity contribution in [2.24, 2.45) is 0 Å². The van der Waals surface area contributed by atoms with Crippen LogP contribution in [0.4, 0.5) is 5.00 Å². The van der Waals surface area contributed by atoms with Gasteiger partial charge in [0.25, 0.3) is 0 Å². The number of thiophene rings is 1. The van der Waals surface area contributed by atoms with Crippen molar-refractivity contribution in [3.8, 4) is 21.8 Å². The lowest BCUT2D eigenvalue weighted by atomic mass is 10.1. The molecule has 0 aliphatic carbocycles. The van der Waals surface area contributed by atoms with E-state index < -0.39 is 0 Å². The van der Waals surface area contributed by atoms with Crippen molar-refractivity contribution in [3.63, 3.8) is 0 Å². The lowest BCUT2D eigenvalue weighted by Gasteiger charge is -1.93. The van der Waals surface area contributed by atoms with E-state index in [0.29, 0.717) is 0 Å². The number of hydrogen-bond acceptors (Lipinski definition) is 4. The number of para-hydroxylation sites is 1. The third-order valence-corrected chi connectivity index (χ3v) is 4.41. The van der Waals surface area contributed by atoms with Crippen molar-refractivity contribution >= 4 is 27.3 Å². The van der Waals surface area contributed by atoms with Gasteiger partial charge in [-0.2, -0.15) is 0 Å². The van der Waals surface area contributed by atoms with E-state index >= 15 is 0 Å². The predicted molar refractivity (Wildman–Crippen MR) is 87.2 cm³/mol. The molecule has 3 aromatic heterocycles. The van der Waals surface area contributed by atoms with Crippen LogP contribution in [0, 0.1) is 0 Å². The van der Waals surface area contributed by atoms with Crippen LogP contribution in [0.15, 0.2) is 65.3 Å². The van der Waals surface area contributed by atoms with Crippen LogP contribution in [0.25, 0.3) is 32.7 Å².